The van der Waals surface area contributed by atoms with Gasteiger partial charge in [-0.2, -0.15) is 13.7 Å². The van der Waals surface area contributed by atoms with Gasteiger partial charge in [0.05, 0.1) is 29.7 Å². The Balaban J connectivity index is 0.000000263. The van der Waals surface area contributed by atoms with E-state index in [2.05, 4.69) is 30.4 Å². The third kappa shape index (κ3) is 7.42. The van der Waals surface area contributed by atoms with Gasteiger partial charge in [-0.1, -0.05) is 12.1 Å². The highest BCUT2D eigenvalue weighted by Gasteiger charge is 2.11. The molecule has 26 heavy (non-hydrogen) atoms. The predicted octanol–water partition coefficient (Wildman–Crippen LogP) is 3.23. The van der Waals surface area contributed by atoms with E-state index in [1.807, 2.05) is 12.1 Å². The molecule has 0 heterocycles. The maximum absolute atomic E-state index is 10.7. The molecule has 0 bridgehead atoms. The number of anilines is 2. The summed E-state index contributed by atoms with van der Waals surface area (Å²) in [5.41, 5.74) is 8.01. The minimum Gasteiger partial charge on any atom is -0.492 e. The summed E-state index contributed by atoms with van der Waals surface area (Å²) in [4.78, 5) is -0.238. The number of nitrogen functional groups attached to an aromatic ring is 1. The second kappa shape index (κ2) is 10.3. The molecule has 0 unspecified atom stereocenters. The summed E-state index contributed by atoms with van der Waals surface area (Å²) in [5.74, 6) is 0.403. The van der Waals surface area contributed by atoms with E-state index in [9.17, 15) is 8.42 Å². The van der Waals surface area contributed by atoms with Crippen molar-refractivity contribution < 1.29 is 17.7 Å². The summed E-state index contributed by atoms with van der Waals surface area (Å²) >= 11 is 0. The van der Waals surface area contributed by atoms with E-state index in [0.717, 1.165) is 18.3 Å². The molecule has 2 aromatic rings. The first-order valence-electron chi connectivity index (χ1n) is 7.95. The zero-order chi connectivity index (χ0) is 19.6. The van der Waals surface area contributed by atoms with E-state index in [0.29, 0.717) is 18.8 Å². The lowest BCUT2D eigenvalue weighted by Gasteiger charge is -2.07. The molecule has 2 aromatic carbocycles. The summed E-state index contributed by atoms with van der Waals surface area (Å²) in [5, 5.41) is 11.5. The van der Waals surface area contributed by atoms with Crippen LogP contribution < -0.4 is 15.8 Å². The zero-order valence-corrected chi connectivity index (χ0v) is 15.6. The first-order valence-corrected chi connectivity index (χ1v) is 9.39. The molecule has 7 nitrogen and oxygen atoms in total. The van der Waals surface area contributed by atoms with Crippen LogP contribution in [0.4, 0.5) is 11.4 Å². The number of hydrogen-bond acceptors (Lipinski definition) is 6. The van der Waals surface area contributed by atoms with E-state index < -0.39 is 10.1 Å². The lowest BCUT2D eigenvalue weighted by atomic mass is 10.2. The number of benzene rings is 2. The van der Waals surface area contributed by atoms with Crippen LogP contribution in [0.3, 0.4) is 0 Å². The molecule has 0 aromatic heterocycles. The van der Waals surface area contributed by atoms with Crippen LogP contribution in [0, 0.1) is 18.3 Å². The van der Waals surface area contributed by atoms with Crippen molar-refractivity contribution >= 4 is 21.5 Å². The number of nitriles is 1. The predicted molar refractivity (Wildman–Crippen MR) is 102 cm³/mol. The molecule has 0 spiro atoms. The van der Waals surface area contributed by atoms with E-state index in [-0.39, 0.29) is 10.6 Å². The highest BCUT2D eigenvalue weighted by molar-refractivity contribution is 7.85. The topological polar surface area (TPSA) is 125 Å². The molecule has 140 valence electrons. The van der Waals surface area contributed by atoms with Gasteiger partial charge >= 0.3 is 0 Å². The van der Waals surface area contributed by atoms with Crippen molar-refractivity contribution in [1.82, 2.24) is 0 Å². The molecule has 0 atom stereocenters. The minimum absolute atomic E-state index is 0.182. The molecule has 0 aliphatic heterocycles. The molecular weight excluding hydrogens is 354 g/mol. The van der Waals surface area contributed by atoms with Gasteiger partial charge in [-0.25, -0.2) is 0 Å². The lowest BCUT2D eigenvalue weighted by molar-refractivity contribution is 0.342. The van der Waals surface area contributed by atoms with Crippen LogP contribution in [0.25, 0.3) is 0 Å². The number of nitrogens with one attached hydrogen (secondary N) is 1. The van der Waals surface area contributed by atoms with Crippen LogP contribution in [-0.4, -0.2) is 26.1 Å². The van der Waals surface area contributed by atoms with Crippen LogP contribution in [0.5, 0.6) is 5.75 Å². The van der Waals surface area contributed by atoms with Crippen molar-refractivity contribution in [3.05, 3.63) is 48.0 Å². The Morgan fingerprint density at radius 2 is 2.00 bits per heavy atom. The molecule has 2 rings (SSSR count). The van der Waals surface area contributed by atoms with Gasteiger partial charge in [0.15, 0.2) is 0 Å². The Morgan fingerprint density at radius 3 is 2.54 bits per heavy atom. The summed E-state index contributed by atoms with van der Waals surface area (Å²) < 4.78 is 35.2. The Bertz CT molecular complexity index is 861. The molecule has 0 aliphatic carbocycles. The first kappa shape index (κ1) is 21.3. The van der Waals surface area contributed by atoms with Crippen LogP contribution >= 0.6 is 0 Å². The number of ether oxygens (including phenoxy) is 1. The van der Waals surface area contributed by atoms with E-state index in [4.69, 9.17) is 20.3 Å². The molecule has 0 saturated heterocycles. The van der Waals surface area contributed by atoms with Crippen molar-refractivity contribution in [2.75, 3.05) is 24.2 Å². The fourth-order valence-electron chi connectivity index (χ4n) is 1.99. The van der Waals surface area contributed by atoms with Crippen LogP contribution in [-0.2, 0) is 10.1 Å². The largest absolute Gasteiger partial charge is 0.492 e. The van der Waals surface area contributed by atoms with Gasteiger partial charge in [-0.15, -0.1) is 0 Å². The van der Waals surface area contributed by atoms with E-state index >= 15 is 0 Å². The second-order valence-electron chi connectivity index (χ2n) is 5.31. The van der Waals surface area contributed by atoms with Gasteiger partial charge in [0, 0.05) is 12.2 Å². The molecule has 0 radical (unpaired) electrons. The van der Waals surface area contributed by atoms with Gasteiger partial charge in [0.1, 0.15) is 5.75 Å². The second-order valence-corrected chi connectivity index (χ2v) is 6.73. The number of hydrogen-bond donors (Lipinski definition) is 3. The Hall–Kier alpha value is -2.76. The number of aryl methyl sites for hydroxylation is 1. The third-order valence-corrected chi connectivity index (χ3v) is 4.01. The van der Waals surface area contributed by atoms with Crippen LogP contribution in [0.2, 0.25) is 0 Å². The van der Waals surface area contributed by atoms with Gasteiger partial charge in [-0.3, -0.25) is 4.55 Å². The van der Waals surface area contributed by atoms with E-state index in [1.54, 1.807) is 6.92 Å². The van der Waals surface area contributed by atoms with Crippen LogP contribution in [0.15, 0.2) is 47.4 Å². The Labute approximate surface area is 154 Å². The molecule has 4 N–H and O–H groups in total. The standard InChI is InChI=1S/C10H12N2.C8H11NO4S/c1-9-4-2-5-10(8-9)12-7-3-6-11;1-2-13-8-4-3-6(5-7(8)9)14(10,11)12/h2,4-5,8,12H,3,7H2,1H3;3-5H,2,9H2,1H3,(H,10,11,12). The number of nitrogens with zero attached hydrogens (tertiary/aromatic N) is 1. The van der Waals surface area contributed by atoms with Gasteiger partial charge in [0.2, 0.25) is 0 Å². The summed E-state index contributed by atoms with van der Waals surface area (Å²) in [6, 6.07) is 14.0. The number of nitrogens with two attached hydrogens (primary N) is 1. The van der Waals surface area contributed by atoms with Gasteiger partial charge in [0.25, 0.3) is 10.1 Å². The van der Waals surface area contributed by atoms with Crippen LogP contribution in [0.1, 0.15) is 18.9 Å². The average molecular weight is 377 g/mol. The summed E-state index contributed by atoms with van der Waals surface area (Å²) in [7, 11) is -4.19. The lowest BCUT2D eigenvalue weighted by Crippen LogP contribution is -2.01. The van der Waals surface area contributed by atoms with Crippen molar-refractivity contribution in [3.8, 4) is 11.8 Å². The minimum atomic E-state index is -4.19. The quantitative estimate of drug-likeness (QED) is 0.401. The maximum atomic E-state index is 10.7. The monoisotopic (exact) mass is 377 g/mol. The molecule has 0 saturated carbocycles. The fourth-order valence-corrected chi connectivity index (χ4v) is 2.51. The zero-order valence-electron chi connectivity index (χ0n) is 14.8. The highest BCUT2D eigenvalue weighted by atomic mass is 32.2. The highest BCUT2D eigenvalue weighted by Crippen LogP contribution is 2.24. The number of rotatable bonds is 6. The van der Waals surface area contributed by atoms with E-state index in [1.165, 1.54) is 17.7 Å². The molecule has 8 heteroatoms. The Morgan fingerprint density at radius 1 is 1.27 bits per heavy atom. The third-order valence-electron chi connectivity index (χ3n) is 3.16. The summed E-state index contributed by atoms with van der Waals surface area (Å²) in [6.45, 7) is 5.00. The SMILES string of the molecule is CCOc1ccc(S(=O)(=O)O)cc1N.Cc1cccc(NCCC#N)c1. The van der Waals surface area contributed by atoms with Crippen molar-refractivity contribution in [2.45, 2.75) is 25.2 Å². The normalized spacial score (nSPS) is 10.2. The van der Waals surface area contributed by atoms with Crippen molar-refractivity contribution in [1.29, 1.82) is 5.26 Å². The maximum Gasteiger partial charge on any atom is 0.294 e. The molecular formula is C18H23N3O4S. The first-order chi connectivity index (χ1) is 12.3. The molecule has 0 fully saturated rings. The smallest absolute Gasteiger partial charge is 0.294 e. The van der Waals surface area contributed by atoms with Crippen molar-refractivity contribution in [3.63, 3.8) is 0 Å². The molecule has 0 aliphatic rings. The molecule has 0 amide bonds. The van der Waals surface area contributed by atoms with Gasteiger partial charge < -0.3 is 15.8 Å². The fraction of sp³-hybridized carbons (Fsp3) is 0.278. The van der Waals surface area contributed by atoms with Crippen molar-refractivity contribution in [2.24, 2.45) is 0 Å². The van der Waals surface area contributed by atoms with Gasteiger partial charge in [-0.05, 0) is 49.7 Å². The summed E-state index contributed by atoms with van der Waals surface area (Å²) in [6.07, 6.45) is 0.550. The average Bonchev–Trinajstić information content (AvgIpc) is 2.57. The Kier molecular flexibility index (Phi) is 8.42.